The largest absolute Gasteiger partial charge is 0.496 e. The lowest BCUT2D eigenvalue weighted by molar-refractivity contribution is 0.416. The summed E-state index contributed by atoms with van der Waals surface area (Å²) in [6, 6.07) is 18.4. The summed E-state index contributed by atoms with van der Waals surface area (Å²) in [5.74, 6) is 1.61. The average molecular weight is 344 g/mol. The summed E-state index contributed by atoms with van der Waals surface area (Å²) in [6.45, 7) is 0.799. The molecule has 1 N–H and O–H groups in total. The fourth-order valence-electron chi connectivity index (χ4n) is 3.07. The van der Waals surface area contributed by atoms with E-state index in [1.807, 2.05) is 47.1 Å². The second kappa shape index (κ2) is 7.27. The van der Waals surface area contributed by atoms with Crippen molar-refractivity contribution in [3.63, 3.8) is 0 Å². The number of para-hydroxylation sites is 1. The van der Waals surface area contributed by atoms with E-state index in [-0.39, 0.29) is 0 Å². The average Bonchev–Trinajstić information content (AvgIpc) is 3.13. The summed E-state index contributed by atoms with van der Waals surface area (Å²) in [5, 5.41) is 3.40. The van der Waals surface area contributed by atoms with Gasteiger partial charge in [-0.05, 0) is 24.1 Å². The molecule has 4 rings (SSSR count). The summed E-state index contributed by atoms with van der Waals surface area (Å²) < 4.78 is 7.53. The zero-order chi connectivity index (χ0) is 17.8. The number of aromatic nitrogens is 3. The van der Waals surface area contributed by atoms with Crippen LogP contribution in [0.5, 0.6) is 5.75 Å². The van der Waals surface area contributed by atoms with Crippen molar-refractivity contribution in [2.24, 2.45) is 0 Å². The van der Waals surface area contributed by atoms with Gasteiger partial charge in [-0.25, -0.2) is 9.97 Å². The van der Waals surface area contributed by atoms with Crippen LogP contribution in [0.4, 0.5) is 5.82 Å². The molecule has 0 atom stereocenters. The van der Waals surface area contributed by atoms with E-state index < -0.39 is 0 Å². The molecule has 26 heavy (non-hydrogen) atoms. The van der Waals surface area contributed by atoms with Crippen molar-refractivity contribution < 1.29 is 4.74 Å². The van der Waals surface area contributed by atoms with Gasteiger partial charge in [-0.15, -0.1) is 0 Å². The number of ether oxygens (including phenoxy) is 1. The minimum atomic E-state index is 0.782. The van der Waals surface area contributed by atoms with E-state index in [4.69, 9.17) is 4.74 Å². The van der Waals surface area contributed by atoms with Crippen LogP contribution in [0.2, 0.25) is 0 Å². The van der Waals surface area contributed by atoms with Gasteiger partial charge in [0.05, 0.1) is 19.0 Å². The molecular formula is C21H20N4O. The minimum absolute atomic E-state index is 0.782. The molecule has 0 aliphatic carbocycles. The Kier molecular flexibility index (Phi) is 4.51. The predicted octanol–water partition coefficient (Wildman–Crippen LogP) is 4.06. The van der Waals surface area contributed by atoms with Gasteiger partial charge in [0, 0.05) is 24.5 Å². The van der Waals surface area contributed by atoms with Gasteiger partial charge in [-0.2, -0.15) is 0 Å². The maximum Gasteiger partial charge on any atom is 0.180 e. The van der Waals surface area contributed by atoms with Gasteiger partial charge in [-0.1, -0.05) is 42.5 Å². The van der Waals surface area contributed by atoms with E-state index in [9.17, 15) is 0 Å². The number of nitrogens with one attached hydrogen (secondary N) is 1. The standard InChI is InChI=1S/C21H20N4O/c1-26-19-10-6-5-9-17(19)18-15-24-21-20(23-13-14-25(18)21)22-12-11-16-7-3-2-4-8-16/h2-10,13-15H,11-12H2,1H3,(H,22,23). The molecule has 5 heteroatoms. The monoisotopic (exact) mass is 344 g/mol. The summed E-state index contributed by atoms with van der Waals surface area (Å²) in [6.07, 6.45) is 6.51. The highest BCUT2D eigenvalue weighted by atomic mass is 16.5. The Bertz CT molecular complexity index is 1010. The van der Waals surface area contributed by atoms with Crippen molar-refractivity contribution in [2.75, 3.05) is 19.0 Å². The van der Waals surface area contributed by atoms with Crippen LogP contribution >= 0.6 is 0 Å². The van der Waals surface area contributed by atoms with Crippen LogP contribution in [0.15, 0.2) is 73.2 Å². The molecule has 0 amide bonds. The van der Waals surface area contributed by atoms with E-state index in [0.717, 1.165) is 41.4 Å². The molecule has 2 aromatic heterocycles. The second-order valence-electron chi connectivity index (χ2n) is 5.98. The van der Waals surface area contributed by atoms with E-state index >= 15 is 0 Å². The number of hydrogen-bond donors (Lipinski definition) is 1. The molecule has 0 fully saturated rings. The third-order valence-corrected chi connectivity index (χ3v) is 4.36. The van der Waals surface area contributed by atoms with Crippen LogP contribution in [0.25, 0.3) is 16.9 Å². The third kappa shape index (κ3) is 3.11. The Hall–Kier alpha value is -3.34. The number of anilines is 1. The minimum Gasteiger partial charge on any atom is -0.496 e. The number of nitrogens with zero attached hydrogens (tertiary/aromatic N) is 3. The lowest BCUT2D eigenvalue weighted by atomic mass is 10.1. The van der Waals surface area contributed by atoms with Crippen molar-refractivity contribution >= 4 is 11.5 Å². The van der Waals surface area contributed by atoms with Gasteiger partial charge >= 0.3 is 0 Å². The normalized spacial score (nSPS) is 10.8. The lowest BCUT2D eigenvalue weighted by Crippen LogP contribution is -2.08. The van der Waals surface area contributed by atoms with Crippen LogP contribution in [0, 0.1) is 0 Å². The SMILES string of the molecule is COc1ccccc1-c1cnc2c(NCCc3ccccc3)nccn12. The fraction of sp³-hybridized carbons (Fsp3) is 0.143. The van der Waals surface area contributed by atoms with E-state index in [0.29, 0.717) is 0 Å². The van der Waals surface area contributed by atoms with E-state index in [2.05, 4.69) is 39.6 Å². The molecule has 130 valence electrons. The zero-order valence-electron chi connectivity index (χ0n) is 14.6. The first-order valence-corrected chi connectivity index (χ1v) is 8.60. The number of hydrogen-bond acceptors (Lipinski definition) is 4. The molecule has 4 aromatic rings. The van der Waals surface area contributed by atoms with Crippen LogP contribution in [0.3, 0.4) is 0 Å². The molecule has 0 saturated heterocycles. The quantitative estimate of drug-likeness (QED) is 0.573. The highest BCUT2D eigenvalue weighted by Crippen LogP contribution is 2.30. The van der Waals surface area contributed by atoms with E-state index in [1.54, 1.807) is 13.3 Å². The Labute approximate surface area is 152 Å². The first kappa shape index (κ1) is 16.1. The highest BCUT2D eigenvalue weighted by molar-refractivity contribution is 5.73. The first-order chi connectivity index (χ1) is 12.9. The summed E-state index contributed by atoms with van der Waals surface area (Å²) in [7, 11) is 1.68. The van der Waals surface area contributed by atoms with Crippen LogP contribution < -0.4 is 10.1 Å². The predicted molar refractivity (Wildman–Crippen MR) is 104 cm³/mol. The van der Waals surface area contributed by atoms with Crippen LogP contribution in [0.1, 0.15) is 5.56 Å². The van der Waals surface area contributed by atoms with Crippen molar-refractivity contribution in [1.82, 2.24) is 14.4 Å². The Morgan fingerprint density at radius 2 is 1.81 bits per heavy atom. The molecular weight excluding hydrogens is 324 g/mol. The lowest BCUT2D eigenvalue weighted by Gasteiger charge is -2.09. The summed E-state index contributed by atoms with van der Waals surface area (Å²) in [5.41, 5.74) is 4.08. The van der Waals surface area contributed by atoms with Gasteiger partial charge in [-0.3, -0.25) is 4.40 Å². The van der Waals surface area contributed by atoms with Gasteiger partial charge in [0.15, 0.2) is 11.5 Å². The molecule has 2 heterocycles. The summed E-state index contributed by atoms with van der Waals surface area (Å²) >= 11 is 0. The molecule has 0 bridgehead atoms. The van der Waals surface area contributed by atoms with Crippen molar-refractivity contribution in [3.8, 4) is 17.0 Å². The van der Waals surface area contributed by atoms with E-state index in [1.165, 1.54) is 5.56 Å². The first-order valence-electron chi connectivity index (χ1n) is 8.60. The molecule has 2 aromatic carbocycles. The third-order valence-electron chi connectivity index (χ3n) is 4.36. The van der Waals surface area contributed by atoms with Crippen LogP contribution in [-0.4, -0.2) is 28.0 Å². The number of imidazole rings is 1. The van der Waals surface area contributed by atoms with Crippen molar-refractivity contribution in [2.45, 2.75) is 6.42 Å². The van der Waals surface area contributed by atoms with Crippen molar-refractivity contribution in [3.05, 3.63) is 78.8 Å². The number of fused-ring (bicyclic) bond motifs is 1. The Morgan fingerprint density at radius 1 is 1.00 bits per heavy atom. The topological polar surface area (TPSA) is 51.5 Å². The molecule has 5 nitrogen and oxygen atoms in total. The number of rotatable bonds is 6. The van der Waals surface area contributed by atoms with Gasteiger partial charge in [0.1, 0.15) is 5.75 Å². The van der Waals surface area contributed by atoms with Crippen LogP contribution in [-0.2, 0) is 6.42 Å². The van der Waals surface area contributed by atoms with Gasteiger partial charge in [0.25, 0.3) is 0 Å². The van der Waals surface area contributed by atoms with Gasteiger partial charge in [0.2, 0.25) is 0 Å². The maximum atomic E-state index is 5.49. The Balaban J connectivity index is 1.61. The molecule has 0 spiro atoms. The molecule has 0 unspecified atom stereocenters. The molecule has 0 saturated carbocycles. The maximum absolute atomic E-state index is 5.49. The summed E-state index contributed by atoms with van der Waals surface area (Å²) in [4.78, 5) is 9.04. The zero-order valence-corrected chi connectivity index (χ0v) is 14.6. The number of benzene rings is 2. The second-order valence-corrected chi connectivity index (χ2v) is 5.98. The molecule has 0 aliphatic rings. The highest BCUT2D eigenvalue weighted by Gasteiger charge is 2.13. The number of methoxy groups -OCH3 is 1. The van der Waals surface area contributed by atoms with Gasteiger partial charge < -0.3 is 10.1 Å². The molecule has 0 radical (unpaired) electrons. The van der Waals surface area contributed by atoms with Crippen molar-refractivity contribution in [1.29, 1.82) is 0 Å². The Morgan fingerprint density at radius 3 is 2.65 bits per heavy atom. The fourth-order valence-corrected chi connectivity index (χ4v) is 3.07. The smallest absolute Gasteiger partial charge is 0.180 e. The molecule has 0 aliphatic heterocycles.